The molecule has 9 atom stereocenters. The molecule has 384 valence electrons. The normalized spacial score (nSPS) is 24.1. The van der Waals surface area contributed by atoms with Gasteiger partial charge in [0.1, 0.15) is 12.2 Å². The molecule has 2 saturated heterocycles. The number of aliphatic hydroxyl groups is 3. The maximum absolute atomic E-state index is 13.7. The van der Waals surface area contributed by atoms with Gasteiger partial charge < -0.3 is 53.6 Å². The topological polar surface area (TPSA) is 231 Å². The number of carbonyl (C=O) groups is 5. The summed E-state index contributed by atoms with van der Waals surface area (Å²) in [5.74, 6) is -3.89. The number of hydrogen-bond donors (Lipinski definition) is 4. The van der Waals surface area contributed by atoms with Gasteiger partial charge in [0.05, 0.1) is 19.3 Å². The monoisotopic (exact) mass is 945 g/mol. The molecule has 2 heterocycles. The molecule has 2 aliphatic heterocycles. The highest BCUT2D eigenvalue weighted by molar-refractivity contribution is 5.73. The maximum Gasteiger partial charge on any atom is 0.306 e. The third-order valence-electron chi connectivity index (χ3n) is 12.3. The predicted octanol–water partition coefficient (Wildman–Crippen LogP) is 8.68. The second kappa shape index (κ2) is 37.1. The highest BCUT2D eigenvalue weighted by Crippen LogP contribution is 2.34. The van der Waals surface area contributed by atoms with Gasteiger partial charge in [-0.1, -0.05) is 156 Å². The first-order valence-electron chi connectivity index (χ1n) is 25.8. The van der Waals surface area contributed by atoms with Crippen molar-refractivity contribution in [3.05, 3.63) is 0 Å². The second-order valence-corrected chi connectivity index (χ2v) is 18.2. The molecule has 0 unspecified atom stereocenters. The summed E-state index contributed by atoms with van der Waals surface area (Å²) in [4.78, 5) is 65.0. The Bertz CT molecular complexity index is 1310. The van der Waals surface area contributed by atoms with Crippen LogP contribution in [0.3, 0.4) is 0 Å². The predicted molar refractivity (Wildman–Crippen MR) is 246 cm³/mol. The van der Waals surface area contributed by atoms with Crippen LogP contribution in [0.4, 0.5) is 0 Å². The standard InChI is InChI=1S/C50H88O16/c1-4-7-10-13-16-19-22-25-30-42(56)60-38-34-37(53)39(35-51)61-49(38)66-50-48(65-45(59)33-28-29-41(54)55)47(64-44(58)32-27-24-21-18-15-12-9-6-3)46(40(36-52)62-50)63-43(57)31-26-23-20-17-14-11-8-5-2/h37-40,46-53H,4-36H2,1-3H3,(H,54,55)/t37-,38+,39+,40+,46+,47-,48+,49+,50+/m0/s1. The molecule has 2 aliphatic rings. The SMILES string of the molecule is CCCCCCCCCCC(=O)O[C@@H]1[C@@H](OC(=O)CCCC(=O)O)[C@@H](O[C@H]2O[C@H](CO)[C@@H](O)C[C@H]2OC(=O)CCCCCCCCCC)O[C@H](CO)[C@H]1OC(=O)CCCCCCCCCC. The number of aliphatic hydroxyl groups excluding tert-OH is 3. The fourth-order valence-electron chi connectivity index (χ4n) is 8.36. The van der Waals surface area contributed by atoms with E-state index in [4.69, 9.17) is 33.2 Å². The molecule has 0 spiro atoms. The molecule has 0 amide bonds. The molecule has 0 radical (unpaired) electrons. The summed E-state index contributed by atoms with van der Waals surface area (Å²) in [6.07, 6.45) is 10.2. The van der Waals surface area contributed by atoms with Gasteiger partial charge in [-0.15, -0.1) is 0 Å². The number of unbranched alkanes of at least 4 members (excludes halogenated alkanes) is 21. The molecule has 0 aromatic rings. The van der Waals surface area contributed by atoms with Crippen LogP contribution in [-0.4, -0.2) is 119 Å². The van der Waals surface area contributed by atoms with E-state index in [1.165, 1.54) is 32.1 Å². The first-order chi connectivity index (χ1) is 32.0. The molecule has 16 nitrogen and oxygen atoms in total. The molecule has 0 aliphatic carbocycles. The van der Waals surface area contributed by atoms with Crippen molar-refractivity contribution in [3.63, 3.8) is 0 Å². The molecule has 66 heavy (non-hydrogen) atoms. The molecule has 4 N–H and O–H groups in total. The third kappa shape index (κ3) is 25.5. The molecule has 16 heteroatoms. The summed E-state index contributed by atoms with van der Waals surface area (Å²) >= 11 is 0. The van der Waals surface area contributed by atoms with Crippen LogP contribution in [-0.2, 0) is 57.1 Å². The zero-order chi connectivity index (χ0) is 48.4. The Morgan fingerprint density at radius 1 is 0.439 bits per heavy atom. The van der Waals surface area contributed by atoms with Crippen LogP contribution >= 0.6 is 0 Å². The van der Waals surface area contributed by atoms with Gasteiger partial charge in [-0.05, 0) is 25.7 Å². The fourth-order valence-corrected chi connectivity index (χ4v) is 8.36. The van der Waals surface area contributed by atoms with E-state index >= 15 is 0 Å². The van der Waals surface area contributed by atoms with Crippen LogP contribution in [0, 0.1) is 0 Å². The molecular weight excluding hydrogens is 857 g/mol. The van der Waals surface area contributed by atoms with E-state index in [0.717, 1.165) is 103 Å². The summed E-state index contributed by atoms with van der Waals surface area (Å²) in [5.41, 5.74) is 0. The lowest BCUT2D eigenvalue weighted by molar-refractivity contribution is -0.367. The van der Waals surface area contributed by atoms with Gasteiger partial charge in [-0.2, -0.15) is 0 Å². The Kier molecular flexibility index (Phi) is 33.3. The number of ether oxygens (including phenoxy) is 7. The number of esters is 4. The van der Waals surface area contributed by atoms with Crippen LogP contribution in [0.25, 0.3) is 0 Å². The minimum atomic E-state index is -1.71. The Morgan fingerprint density at radius 2 is 0.803 bits per heavy atom. The number of carboxylic acids is 1. The first-order valence-corrected chi connectivity index (χ1v) is 25.8. The van der Waals surface area contributed by atoms with Crippen LogP contribution in [0.5, 0.6) is 0 Å². The molecule has 0 aromatic heterocycles. The van der Waals surface area contributed by atoms with Crippen molar-refractivity contribution in [2.75, 3.05) is 13.2 Å². The van der Waals surface area contributed by atoms with Gasteiger partial charge in [0.2, 0.25) is 6.29 Å². The van der Waals surface area contributed by atoms with E-state index in [1.54, 1.807) is 0 Å². The minimum Gasteiger partial charge on any atom is -0.481 e. The average Bonchev–Trinajstić information content (AvgIpc) is 3.28. The summed E-state index contributed by atoms with van der Waals surface area (Å²) in [5, 5.41) is 40.8. The summed E-state index contributed by atoms with van der Waals surface area (Å²) in [7, 11) is 0. The van der Waals surface area contributed by atoms with E-state index in [1.807, 2.05) is 0 Å². The minimum absolute atomic E-state index is 0.00147. The lowest BCUT2D eigenvalue weighted by Crippen LogP contribution is -2.64. The van der Waals surface area contributed by atoms with E-state index in [-0.39, 0.29) is 44.9 Å². The van der Waals surface area contributed by atoms with Gasteiger partial charge in [0, 0.05) is 38.5 Å². The van der Waals surface area contributed by atoms with Crippen LogP contribution in [0.1, 0.15) is 220 Å². The van der Waals surface area contributed by atoms with Gasteiger partial charge in [-0.3, -0.25) is 24.0 Å². The Balaban J connectivity index is 2.38. The van der Waals surface area contributed by atoms with E-state index in [0.29, 0.717) is 19.3 Å². The Labute approximate surface area is 394 Å². The molecule has 0 aromatic carbocycles. The van der Waals surface area contributed by atoms with Crippen molar-refractivity contribution in [1.29, 1.82) is 0 Å². The number of carbonyl (C=O) groups excluding carboxylic acids is 4. The Morgan fingerprint density at radius 3 is 1.23 bits per heavy atom. The summed E-state index contributed by atoms with van der Waals surface area (Å²) < 4.78 is 42.1. The van der Waals surface area contributed by atoms with Gasteiger partial charge >= 0.3 is 29.8 Å². The highest BCUT2D eigenvalue weighted by atomic mass is 16.8. The molecular formula is C50H88O16. The van der Waals surface area contributed by atoms with Crippen LogP contribution in [0.15, 0.2) is 0 Å². The van der Waals surface area contributed by atoms with Crippen molar-refractivity contribution in [1.82, 2.24) is 0 Å². The van der Waals surface area contributed by atoms with E-state index in [2.05, 4.69) is 20.8 Å². The zero-order valence-corrected chi connectivity index (χ0v) is 40.7. The largest absolute Gasteiger partial charge is 0.481 e. The fraction of sp³-hybridized carbons (Fsp3) is 0.900. The first kappa shape index (κ1) is 59.2. The quantitative estimate of drug-likeness (QED) is 0.0256. The average molecular weight is 945 g/mol. The van der Waals surface area contributed by atoms with Gasteiger partial charge in [0.25, 0.3) is 0 Å². The lowest BCUT2D eigenvalue weighted by atomic mass is 9.97. The van der Waals surface area contributed by atoms with Crippen molar-refractivity contribution in [2.24, 2.45) is 0 Å². The lowest BCUT2D eigenvalue weighted by Gasteiger charge is -2.46. The van der Waals surface area contributed by atoms with Crippen LogP contribution in [0.2, 0.25) is 0 Å². The highest BCUT2D eigenvalue weighted by Gasteiger charge is 2.54. The number of carboxylic acid groups (broad SMARTS) is 1. The molecule has 2 rings (SSSR count). The number of hydrogen-bond acceptors (Lipinski definition) is 15. The van der Waals surface area contributed by atoms with Crippen LogP contribution < -0.4 is 0 Å². The number of aliphatic carboxylic acids is 1. The zero-order valence-electron chi connectivity index (χ0n) is 40.7. The maximum atomic E-state index is 13.7. The molecule has 2 fully saturated rings. The van der Waals surface area contributed by atoms with Crippen molar-refractivity contribution in [3.8, 4) is 0 Å². The summed E-state index contributed by atoms with van der Waals surface area (Å²) in [6, 6.07) is 0. The number of rotatable bonds is 39. The second-order valence-electron chi connectivity index (χ2n) is 18.2. The van der Waals surface area contributed by atoms with E-state index in [9.17, 15) is 44.4 Å². The van der Waals surface area contributed by atoms with Crippen molar-refractivity contribution in [2.45, 2.75) is 275 Å². The van der Waals surface area contributed by atoms with Gasteiger partial charge in [-0.25, -0.2) is 0 Å². The van der Waals surface area contributed by atoms with Crippen molar-refractivity contribution < 1.29 is 77.6 Å². The van der Waals surface area contributed by atoms with Gasteiger partial charge in [0.15, 0.2) is 30.7 Å². The van der Waals surface area contributed by atoms with E-state index < -0.39 is 98.4 Å². The molecule has 0 bridgehead atoms. The molecule has 0 saturated carbocycles. The Hall–Kier alpha value is -2.89. The van der Waals surface area contributed by atoms with Crippen molar-refractivity contribution >= 4 is 29.8 Å². The third-order valence-corrected chi connectivity index (χ3v) is 12.3. The smallest absolute Gasteiger partial charge is 0.306 e. The summed E-state index contributed by atoms with van der Waals surface area (Å²) in [6.45, 7) is 5.11.